The highest BCUT2D eigenvalue weighted by atomic mass is 32.1. The Labute approximate surface area is 140 Å². The van der Waals surface area contributed by atoms with Crippen molar-refractivity contribution in [2.45, 2.75) is 53.1 Å². The van der Waals surface area contributed by atoms with E-state index in [2.05, 4.69) is 67.7 Å². The van der Waals surface area contributed by atoms with Gasteiger partial charge in [-0.05, 0) is 52.5 Å². The van der Waals surface area contributed by atoms with Gasteiger partial charge in [-0.15, -0.1) is 11.3 Å². The van der Waals surface area contributed by atoms with E-state index in [1.807, 2.05) is 11.3 Å². The lowest BCUT2D eigenvalue weighted by Gasteiger charge is -2.29. The number of hydrogen-bond acceptors (Lipinski definition) is 3. The molecule has 0 amide bonds. The summed E-state index contributed by atoms with van der Waals surface area (Å²) in [5.74, 6) is 0.923. The lowest BCUT2D eigenvalue weighted by Crippen LogP contribution is -2.41. The molecule has 5 heteroatoms. The molecule has 0 aliphatic rings. The van der Waals surface area contributed by atoms with Gasteiger partial charge >= 0.3 is 0 Å². The van der Waals surface area contributed by atoms with E-state index in [4.69, 9.17) is 4.99 Å². The first-order chi connectivity index (χ1) is 10.5. The minimum Gasteiger partial charge on any atom is -0.357 e. The summed E-state index contributed by atoms with van der Waals surface area (Å²) in [6.07, 6.45) is 1.05. The Kier molecular flexibility index (Phi) is 9.16. The standard InChI is InChI=1S/C17H32N4S/c1-6-18-17(19-10-9-16-8-7-13-22-16)20-11-12-21(14(2)3)15(4)5/h7-8,13-15H,6,9-12H2,1-5H3,(H2,18,19,20). The summed E-state index contributed by atoms with van der Waals surface area (Å²) in [4.78, 5) is 8.58. The molecular formula is C17H32N4S. The Hall–Kier alpha value is -1.07. The van der Waals surface area contributed by atoms with Crippen molar-refractivity contribution in [2.75, 3.05) is 26.2 Å². The van der Waals surface area contributed by atoms with Crippen molar-refractivity contribution in [3.63, 3.8) is 0 Å². The van der Waals surface area contributed by atoms with Crippen molar-refractivity contribution < 1.29 is 0 Å². The van der Waals surface area contributed by atoms with Gasteiger partial charge in [0.05, 0.1) is 6.54 Å². The molecule has 22 heavy (non-hydrogen) atoms. The Bertz CT molecular complexity index is 404. The van der Waals surface area contributed by atoms with E-state index in [0.717, 1.165) is 38.6 Å². The molecular weight excluding hydrogens is 292 g/mol. The lowest BCUT2D eigenvalue weighted by molar-refractivity contribution is 0.181. The van der Waals surface area contributed by atoms with Crippen LogP contribution in [0.1, 0.15) is 39.5 Å². The fourth-order valence-corrected chi connectivity index (χ4v) is 3.20. The summed E-state index contributed by atoms with van der Waals surface area (Å²) in [6.45, 7) is 14.7. The molecule has 0 bridgehead atoms. The zero-order valence-electron chi connectivity index (χ0n) is 14.7. The molecule has 0 aliphatic heterocycles. The highest BCUT2D eigenvalue weighted by Gasteiger charge is 2.12. The molecule has 0 aromatic carbocycles. The zero-order chi connectivity index (χ0) is 16.4. The smallest absolute Gasteiger partial charge is 0.191 e. The van der Waals surface area contributed by atoms with Gasteiger partial charge in [0.25, 0.3) is 0 Å². The maximum absolute atomic E-state index is 4.69. The number of rotatable bonds is 9. The average molecular weight is 325 g/mol. The van der Waals surface area contributed by atoms with Crippen LogP contribution in [0.15, 0.2) is 22.5 Å². The van der Waals surface area contributed by atoms with Crippen molar-refractivity contribution >= 4 is 17.3 Å². The number of thiophene rings is 1. The second-order valence-corrected chi connectivity index (χ2v) is 6.97. The van der Waals surface area contributed by atoms with Crippen LogP contribution in [0.4, 0.5) is 0 Å². The summed E-state index contributed by atoms with van der Waals surface area (Å²) in [6, 6.07) is 5.40. The number of guanidine groups is 1. The van der Waals surface area contributed by atoms with E-state index < -0.39 is 0 Å². The first-order valence-electron chi connectivity index (χ1n) is 8.34. The van der Waals surface area contributed by atoms with E-state index in [9.17, 15) is 0 Å². The molecule has 1 aromatic rings. The van der Waals surface area contributed by atoms with Gasteiger partial charge in [-0.2, -0.15) is 0 Å². The van der Waals surface area contributed by atoms with Crippen molar-refractivity contribution in [3.05, 3.63) is 22.4 Å². The first-order valence-corrected chi connectivity index (χ1v) is 9.22. The third-order valence-electron chi connectivity index (χ3n) is 3.54. The SMILES string of the molecule is CCNC(=NCCN(C(C)C)C(C)C)NCCc1cccs1. The summed E-state index contributed by atoms with van der Waals surface area (Å²) in [5.41, 5.74) is 0. The van der Waals surface area contributed by atoms with Crippen molar-refractivity contribution in [1.82, 2.24) is 15.5 Å². The quantitative estimate of drug-likeness (QED) is 0.542. The number of aliphatic imine (C=N–C) groups is 1. The van der Waals surface area contributed by atoms with Crippen LogP contribution < -0.4 is 10.6 Å². The second kappa shape index (κ2) is 10.6. The normalized spacial score (nSPS) is 12.5. The van der Waals surface area contributed by atoms with Crippen LogP contribution in [-0.2, 0) is 6.42 Å². The fourth-order valence-electron chi connectivity index (χ4n) is 2.49. The van der Waals surface area contributed by atoms with Crippen LogP contribution in [0.5, 0.6) is 0 Å². The van der Waals surface area contributed by atoms with Crippen molar-refractivity contribution in [1.29, 1.82) is 0 Å². The molecule has 2 N–H and O–H groups in total. The van der Waals surface area contributed by atoms with E-state index >= 15 is 0 Å². The zero-order valence-corrected chi connectivity index (χ0v) is 15.5. The number of nitrogens with zero attached hydrogens (tertiary/aromatic N) is 2. The maximum Gasteiger partial charge on any atom is 0.191 e. The monoisotopic (exact) mass is 324 g/mol. The molecule has 0 saturated heterocycles. The molecule has 1 rings (SSSR count). The molecule has 0 spiro atoms. The molecule has 0 radical (unpaired) electrons. The van der Waals surface area contributed by atoms with E-state index in [1.165, 1.54) is 4.88 Å². The minimum atomic E-state index is 0.560. The molecule has 1 heterocycles. The predicted octanol–water partition coefficient (Wildman–Crippen LogP) is 2.96. The van der Waals surface area contributed by atoms with E-state index in [1.54, 1.807) is 0 Å². The molecule has 0 atom stereocenters. The average Bonchev–Trinajstić information content (AvgIpc) is 2.95. The van der Waals surface area contributed by atoms with Crippen LogP contribution in [0.3, 0.4) is 0 Å². The third kappa shape index (κ3) is 7.27. The van der Waals surface area contributed by atoms with Gasteiger partial charge in [0.1, 0.15) is 0 Å². The number of hydrogen-bond donors (Lipinski definition) is 2. The molecule has 0 fully saturated rings. The summed E-state index contributed by atoms with van der Waals surface area (Å²) < 4.78 is 0. The van der Waals surface area contributed by atoms with Gasteiger partial charge in [0, 0.05) is 36.6 Å². The Morgan fingerprint density at radius 2 is 1.95 bits per heavy atom. The Morgan fingerprint density at radius 1 is 1.23 bits per heavy atom. The lowest BCUT2D eigenvalue weighted by atomic mass is 10.2. The first kappa shape index (κ1) is 19.0. The third-order valence-corrected chi connectivity index (χ3v) is 4.48. The van der Waals surface area contributed by atoms with Gasteiger partial charge in [-0.3, -0.25) is 9.89 Å². The van der Waals surface area contributed by atoms with E-state index in [0.29, 0.717) is 12.1 Å². The molecule has 0 aliphatic carbocycles. The second-order valence-electron chi connectivity index (χ2n) is 5.94. The minimum absolute atomic E-state index is 0.560. The van der Waals surface area contributed by atoms with Crippen molar-refractivity contribution in [2.24, 2.45) is 4.99 Å². The topological polar surface area (TPSA) is 39.7 Å². The van der Waals surface area contributed by atoms with Crippen LogP contribution in [-0.4, -0.2) is 49.1 Å². The summed E-state index contributed by atoms with van der Waals surface area (Å²) in [5, 5.41) is 8.86. The van der Waals surface area contributed by atoms with Gasteiger partial charge in [0.15, 0.2) is 5.96 Å². The van der Waals surface area contributed by atoms with Gasteiger partial charge < -0.3 is 10.6 Å². The number of nitrogens with one attached hydrogen (secondary N) is 2. The molecule has 126 valence electrons. The maximum atomic E-state index is 4.69. The summed E-state index contributed by atoms with van der Waals surface area (Å²) in [7, 11) is 0. The summed E-state index contributed by atoms with van der Waals surface area (Å²) >= 11 is 1.81. The van der Waals surface area contributed by atoms with Gasteiger partial charge in [-0.1, -0.05) is 6.07 Å². The van der Waals surface area contributed by atoms with E-state index in [-0.39, 0.29) is 0 Å². The molecule has 4 nitrogen and oxygen atoms in total. The van der Waals surface area contributed by atoms with Crippen LogP contribution >= 0.6 is 11.3 Å². The molecule has 0 unspecified atom stereocenters. The molecule has 1 aromatic heterocycles. The highest BCUT2D eigenvalue weighted by molar-refractivity contribution is 7.09. The van der Waals surface area contributed by atoms with Crippen LogP contribution in [0.2, 0.25) is 0 Å². The predicted molar refractivity (Wildman–Crippen MR) is 99.0 cm³/mol. The molecule has 0 saturated carbocycles. The van der Waals surface area contributed by atoms with Crippen molar-refractivity contribution in [3.8, 4) is 0 Å². The Morgan fingerprint density at radius 3 is 2.50 bits per heavy atom. The van der Waals surface area contributed by atoms with Gasteiger partial charge in [-0.25, -0.2) is 0 Å². The fraction of sp³-hybridized carbons (Fsp3) is 0.706. The van der Waals surface area contributed by atoms with Crippen LogP contribution in [0.25, 0.3) is 0 Å². The Balaban J connectivity index is 2.40. The highest BCUT2D eigenvalue weighted by Crippen LogP contribution is 2.08. The largest absolute Gasteiger partial charge is 0.357 e. The van der Waals surface area contributed by atoms with Crippen LogP contribution in [0, 0.1) is 0 Å². The van der Waals surface area contributed by atoms with Gasteiger partial charge in [0.2, 0.25) is 0 Å².